The number of halogens is 2. The van der Waals surface area contributed by atoms with Crippen molar-refractivity contribution in [1.82, 2.24) is 0 Å². The number of amides is 1. The Labute approximate surface area is 161 Å². The lowest BCUT2D eigenvalue weighted by Crippen LogP contribution is -2.29. The summed E-state index contributed by atoms with van der Waals surface area (Å²) in [6, 6.07) is 11.8. The number of anilines is 1. The second-order valence-corrected chi connectivity index (χ2v) is 6.12. The van der Waals surface area contributed by atoms with Gasteiger partial charge in [0.1, 0.15) is 5.75 Å². The zero-order valence-electron chi connectivity index (χ0n) is 14.2. The molecule has 1 unspecified atom stereocenters. The Bertz CT molecular complexity index is 819. The van der Waals surface area contributed by atoms with Gasteiger partial charge < -0.3 is 14.8 Å². The molecule has 0 aliphatic carbocycles. The molecule has 2 aromatic carbocycles. The van der Waals surface area contributed by atoms with Crippen LogP contribution in [0.1, 0.15) is 12.5 Å². The molecular formula is C19H17Cl2NO4. The minimum absolute atomic E-state index is 0.384. The summed E-state index contributed by atoms with van der Waals surface area (Å²) in [7, 11) is 1.56. The molecule has 0 radical (unpaired) electrons. The highest BCUT2D eigenvalue weighted by Crippen LogP contribution is 2.23. The van der Waals surface area contributed by atoms with Gasteiger partial charge in [-0.3, -0.25) is 4.79 Å². The van der Waals surface area contributed by atoms with Crippen LogP contribution >= 0.6 is 23.2 Å². The summed E-state index contributed by atoms with van der Waals surface area (Å²) in [5.41, 5.74) is 1.26. The number of esters is 1. The molecule has 0 saturated carbocycles. The minimum Gasteiger partial charge on any atom is -0.497 e. The van der Waals surface area contributed by atoms with Gasteiger partial charge >= 0.3 is 5.97 Å². The van der Waals surface area contributed by atoms with Crippen LogP contribution in [-0.4, -0.2) is 25.1 Å². The van der Waals surface area contributed by atoms with Crippen molar-refractivity contribution >= 4 is 46.8 Å². The van der Waals surface area contributed by atoms with Crippen LogP contribution in [0.15, 0.2) is 48.5 Å². The molecule has 2 aromatic rings. The Hall–Kier alpha value is -2.50. The van der Waals surface area contributed by atoms with Crippen molar-refractivity contribution < 1.29 is 19.1 Å². The molecule has 2 rings (SSSR count). The molecule has 1 N–H and O–H groups in total. The fourth-order valence-electron chi connectivity index (χ4n) is 1.97. The summed E-state index contributed by atoms with van der Waals surface area (Å²) in [6.07, 6.45) is 1.79. The third-order valence-corrected chi connectivity index (χ3v) is 4.11. The third-order valence-electron chi connectivity index (χ3n) is 3.38. The van der Waals surface area contributed by atoms with Crippen LogP contribution in [-0.2, 0) is 14.3 Å². The van der Waals surface area contributed by atoms with E-state index in [1.54, 1.807) is 49.6 Å². The van der Waals surface area contributed by atoms with Crippen LogP contribution in [0.2, 0.25) is 10.0 Å². The van der Waals surface area contributed by atoms with Gasteiger partial charge in [0.05, 0.1) is 17.2 Å². The molecule has 0 spiro atoms. The molecular weight excluding hydrogens is 377 g/mol. The second kappa shape index (κ2) is 9.27. The maximum Gasteiger partial charge on any atom is 0.331 e. The molecule has 26 heavy (non-hydrogen) atoms. The first-order chi connectivity index (χ1) is 12.4. The maximum absolute atomic E-state index is 12.1. The molecule has 0 fully saturated rings. The van der Waals surface area contributed by atoms with Crippen LogP contribution in [0.5, 0.6) is 5.75 Å². The summed E-state index contributed by atoms with van der Waals surface area (Å²) in [5, 5.41) is 3.47. The quantitative estimate of drug-likeness (QED) is 0.575. The van der Waals surface area contributed by atoms with Crippen molar-refractivity contribution in [3.05, 3.63) is 64.1 Å². The van der Waals surface area contributed by atoms with Gasteiger partial charge in [-0.15, -0.1) is 0 Å². The smallest absolute Gasteiger partial charge is 0.331 e. The molecule has 1 amide bonds. The number of hydrogen-bond acceptors (Lipinski definition) is 4. The lowest BCUT2D eigenvalue weighted by atomic mass is 10.2. The lowest BCUT2D eigenvalue weighted by molar-refractivity contribution is -0.148. The summed E-state index contributed by atoms with van der Waals surface area (Å²) in [5.74, 6) is -0.408. The monoisotopic (exact) mass is 393 g/mol. The van der Waals surface area contributed by atoms with Gasteiger partial charge in [-0.05, 0) is 55.0 Å². The SMILES string of the molecule is COc1ccc(NC(=O)C(C)OC(=O)/C=C/c2ccc(Cl)c(Cl)c2)cc1. The summed E-state index contributed by atoms with van der Waals surface area (Å²) in [6.45, 7) is 1.49. The molecule has 0 bridgehead atoms. The number of carbonyl (C=O) groups is 2. The average Bonchev–Trinajstić information content (AvgIpc) is 2.63. The van der Waals surface area contributed by atoms with Crippen molar-refractivity contribution in [3.8, 4) is 5.75 Å². The number of benzene rings is 2. The topological polar surface area (TPSA) is 64.6 Å². The first kappa shape index (κ1) is 19.8. The van der Waals surface area contributed by atoms with E-state index in [-0.39, 0.29) is 0 Å². The van der Waals surface area contributed by atoms with Crippen LogP contribution in [0, 0.1) is 0 Å². The predicted octanol–water partition coefficient (Wildman–Crippen LogP) is 4.59. The third kappa shape index (κ3) is 5.79. The fourth-order valence-corrected chi connectivity index (χ4v) is 2.27. The molecule has 0 aliphatic heterocycles. The van der Waals surface area contributed by atoms with Gasteiger partial charge in [0.25, 0.3) is 5.91 Å². The molecule has 0 heterocycles. The number of nitrogens with one attached hydrogen (secondary N) is 1. The highest BCUT2D eigenvalue weighted by atomic mass is 35.5. The fraction of sp³-hybridized carbons (Fsp3) is 0.158. The van der Waals surface area contributed by atoms with E-state index in [1.807, 2.05) is 0 Å². The zero-order chi connectivity index (χ0) is 19.1. The van der Waals surface area contributed by atoms with Gasteiger partial charge in [0, 0.05) is 11.8 Å². The van der Waals surface area contributed by atoms with Gasteiger partial charge in [-0.2, -0.15) is 0 Å². The minimum atomic E-state index is -0.956. The Morgan fingerprint density at radius 1 is 1.08 bits per heavy atom. The molecule has 1 atom stereocenters. The average molecular weight is 394 g/mol. The van der Waals surface area contributed by atoms with Crippen LogP contribution in [0.25, 0.3) is 6.08 Å². The summed E-state index contributed by atoms with van der Waals surface area (Å²) < 4.78 is 10.1. The van der Waals surface area contributed by atoms with Crippen molar-refractivity contribution in [2.45, 2.75) is 13.0 Å². The van der Waals surface area contributed by atoms with E-state index >= 15 is 0 Å². The molecule has 136 valence electrons. The second-order valence-electron chi connectivity index (χ2n) is 5.30. The highest BCUT2D eigenvalue weighted by Gasteiger charge is 2.16. The largest absolute Gasteiger partial charge is 0.497 e. The molecule has 0 aromatic heterocycles. The Balaban J connectivity index is 1.89. The normalized spacial score (nSPS) is 11.8. The molecule has 0 aliphatic rings. The van der Waals surface area contributed by atoms with Gasteiger partial charge in [0.2, 0.25) is 0 Å². The van der Waals surface area contributed by atoms with E-state index < -0.39 is 18.0 Å². The van der Waals surface area contributed by atoms with E-state index in [4.69, 9.17) is 32.7 Å². The van der Waals surface area contributed by atoms with Gasteiger partial charge in [-0.25, -0.2) is 4.79 Å². The zero-order valence-corrected chi connectivity index (χ0v) is 15.7. The maximum atomic E-state index is 12.1. The first-order valence-corrected chi connectivity index (χ1v) is 8.43. The highest BCUT2D eigenvalue weighted by molar-refractivity contribution is 6.42. The van der Waals surface area contributed by atoms with Crippen LogP contribution in [0.4, 0.5) is 5.69 Å². The van der Waals surface area contributed by atoms with Crippen molar-refractivity contribution in [3.63, 3.8) is 0 Å². The first-order valence-electron chi connectivity index (χ1n) is 7.67. The van der Waals surface area contributed by atoms with E-state index in [0.717, 1.165) is 0 Å². The summed E-state index contributed by atoms with van der Waals surface area (Å²) in [4.78, 5) is 23.9. The van der Waals surface area contributed by atoms with Crippen molar-refractivity contribution in [2.75, 3.05) is 12.4 Å². The number of ether oxygens (including phenoxy) is 2. The lowest BCUT2D eigenvalue weighted by Gasteiger charge is -2.12. The summed E-state index contributed by atoms with van der Waals surface area (Å²) >= 11 is 11.7. The van der Waals surface area contributed by atoms with Crippen LogP contribution in [0.3, 0.4) is 0 Å². The van der Waals surface area contributed by atoms with Gasteiger partial charge in [0.15, 0.2) is 6.10 Å². The Morgan fingerprint density at radius 2 is 1.77 bits per heavy atom. The van der Waals surface area contributed by atoms with Gasteiger partial charge in [-0.1, -0.05) is 29.3 Å². The van der Waals surface area contributed by atoms with Crippen molar-refractivity contribution in [1.29, 1.82) is 0 Å². The van der Waals surface area contributed by atoms with E-state index in [2.05, 4.69) is 5.32 Å². The Morgan fingerprint density at radius 3 is 2.38 bits per heavy atom. The van der Waals surface area contributed by atoms with Crippen LogP contribution < -0.4 is 10.1 Å². The van der Waals surface area contributed by atoms with Crippen molar-refractivity contribution in [2.24, 2.45) is 0 Å². The number of rotatable bonds is 6. The predicted molar refractivity (Wildman–Crippen MR) is 103 cm³/mol. The molecule has 5 nitrogen and oxygen atoms in total. The molecule has 0 saturated heterocycles. The standard InChI is InChI=1S/C19H17Cl2NO4/c1-12(19(24)22-14-5-7-15(25-2)8-6-14)26-18(23)10-4-13-3-9-16(20)17(21)11-13/h3-12H,1-2H3,(H,22,24)/b10-4+. The number of hydrogen-bond donors (Lipinski definition) is 1. The molecule has 7 heteroatoms. The van der Waals surface area contributed by atoms with E-state index in [1.165, 1.54) is 19.1 Å². The number of carbonyl (C=O) groups excluding carboxylic acids is 2. The number of methoxy groups -OCH3 is 1. The van der Waals surface area contributed by atoms with E-state index in [9.17, 15) is 9.59 Å². The van der Waals surface area contributed by atoms with E-state index in [0.29, 0.717) is 27.0 Å². The Kier molecular flexibility index (Phi) is 7.06.